The topological polar surface area (TPSA) is 68.0 Å². The van der Waals surface area contributed by atoms with Crippen LogP contribution in [-0.4, -0.2) is 10.9 Å². The van der Waals surface area contributed by atoms with Crippen molar-refractivity contribution in [2.45, 2.75) is 31.6 Å². The van der Waals surface area contributed by atoms with E-state index in [2.05, 4.69) is 10.3 Å². The lowest BCUT2D eigenvalue weighted by Gasteiger charge is -2.07. The number of nitrogens with zero attached hydrogens (tertiary/aromatic N) is 1. The number of para-hydroxylation sites is 1. The van der Waals surface area contributed by atoms with E-state index in [-0.39, 0.29) is 5.91 Å². The molecule has 1 fully saturated rings. The van der Waals surface area contributed by atoms with Gasteiger partial charge in [-0.05, 0) is 49.1 Å². The molecule has 0 aliphatic heterocycles. The number of aromatic nitrogens is 1. The number of benzene rings is 2. The first-order valence-corrected chi connectivity index (χ1v) is 9.04. The van der Waals surface area contributed by atoms with Crippen molar-refractivity contribution in [3.63, 3.8) is 0 Å². The third-order valence-electron chi connectivity index (χ3n) is 4.29. The number of aryl methyl sites for hydroxylation is 1. The molecule has 122 valence electrons. The Labute approximate surface area is 144 Å². The van der Waals surface area contributed by atoms with E-state index in [1.54, 1.807) is 11.3 Å². The highest BCUT2D eigenvalue weighted by molar-refractivity contribution is 7.18. The van der Waals surface area contributed by atoms with Gasteiger partial charge in [-0.2, -0.15) is 0 Å². The van der Waals surface area contributed by atoms with Gasteiger partial charge in [0.2, 0.25) is 5.91 Å². The van der Waals surface area contributed by atoms with Crippen molar-refractivity contribution in [1.29, 1.82) is 0 Å². The Balaban J connectivity index is 1.41. The number of carbonyl (C=O) groups excluding carboxylic acids is 1. The van der Waals surface area contributed by atoms with Gasteiger partial charge in [0, 0.05) is 23.7 Å². The van der Waals surface area contributed by atoms with Crippen LogP contribution in [0.5, 0.6) is 0 Å². The van der Waals surface area contributed by atoms with Crippen LogP contribution in [0.2, 0.25) is 0 Å². The zero-order valence-electron chi connectivity index (χ0n) is 13.3. The predicted octanol–water partition coefficient (Wildman–Crippen LogP) is 4.33. The lowest BCUT2D eigenvalue weighted by atomic mass is 10.1. The average Bonchev–Trinajstić information content (AvgIpc) is 3.34. The molecule has 24 heavy (non-hydrogen) atoms. The monoisotopic (exact) mass is 337 g/mol. The molecule has 4 rings (SSSR count). The van der Waals surface area contributed by atoms with Crippen LogP contribution in [0.1, 0.15) is 35.8 Å². The molecule has 3 N–H and O–H groups in total. The number of nitrogens with two attached hydrogens (primary N) is 1. The molecule has 0 unspecified atom stereocenters. The third-order valence-corrected chi connectivity index (χ3v) is 5.47. The Morgan fingerprint density at radius 1 is 1.25 bits per heavy atom. The molecule has 1 saturated carbocycles. The molecule has 1 aliphatic rings. The summed E-state index contributed by atoms with van der Waals surface area (Å²) in [6.07, 6.45) is 3.58. The molecule has 5 heteroatoms. The van der Waals surface area contributed by atoms with Gasteiger partial charge in [0.1, 0.15) is 0 Å². The van der Waals surface area contributed by atoms with E-state index >= 15 is 0 Å². The maximum Gasteiger partial charge on any atom is 0.224 e. The summed E-state index contributed by atoms with van der Waals surface area (Å²) < 4.78 is 1.14. The molecule has 4 nitrogen and oxygen atoms in total. The molecule has 3 aromatic rings. The van der Waals surface area contributed by atoms with Crippen LogP contribution in [0.4, 0.5) is 11.4 Å². The van der Waals surface area contributed by atoms with Crippen molar-refractivity contribution in [1.82, 2.24) is 4.98 Å². The minimum Gasteiger partial charge on any atom is -0.399 e. The summed E-state index contributed by atoms with van der Waals surface area (Å²) in [6.45, 7) is 0. The van der Waals surface area contributed by atoms with Gasteiger partial charge in [-0.3, -0.25) is 4.79 Å². The Bertz CT molecular complexity index is 899. The van der Waals surface area contributed by atoms with Gasteiger partial charge in [-0.25, -0.2) is 4.98 Å². The average molecular weight is 337 g/mol. The molecule has 0 bridgehead atoms. The first-order chi connectivity index (χ1) is 11.7. The van der Waals surface area contributed by atoms with E-state index in [0.717, 1.165) is 27.2 Å². The molecule has 1 aromatic heterocycles. The number of carbonyl (C=O) groups is 1. The highest BCUT2D eigenvalue weighted by atomic mass is 32.1. The van der Waals surface area contributed by atoms with E-state index in [4.69, 9.17) is 5.73 Å². The first kappa shape index (κ1) is 15.1. The summed E-state index contributed by atoms with van der Waals surface area (Å²) in [7, 11) is 0. The zero-order chi connectivity index (χ0) is 16.5. The fourth-order valence-electron chi connectivity index (χ4n) is 2.76. The van der Waals surface area contributed by atoms with Gasteiger partial charge < -0.3 is 11.1 Å². The van der Waals surface area contributed by atoms with Crippen molar-refractivity contribution in [2.75, 3.05) is 11.1 Å². The highest BCUT2D eigenvalue weighted by Crippen LogP contribution is 2.43. The second kappa shape index (κ2) is 6.24. The van der Waals surface area contributed by atoms with Gasteiger partial charge in [-0.15, -0.1) is 11.3 Å². The van der Waals surface area contributed by atoms with E-state index in [1.807, 2.05) is 42.5 Å². The van der Waals surface area contributed by atoms with Crippen LogP contribution in [0.3, 0.4) is 0 Å². The van der Waals surface area contributed by atoms with E-state index in [0.29, 0.717) is 18.8 Å². The number of fused-ring (bicyclic) bond motifs is 1. The summed E-state index contributed by atoms with van der Waals surface area (Å²) in [6, 6.07) is 13.6. The first-order valence-electron chi connectivity index (χ1n) is 8.23. The second-order valence-corrected chi connectivity index (χ2v) is 7.32. The second-order valence-electron chi connectivity index (χ2n) is 6.26. The molecular weight excluding hydrogens is 318 g/mol. The molecule has 1 aliphatic carbocycles. The number of nitrogens with one attached hydrogen (secondary N) is 1. The van der Waals surface area contributed by atoms with Crippen LogP contribution in [0.25, 0.3) is 10.2 Å². The van der Waals surface area contributed by atoms with Gasteiger partial charge in [0.15, 0.2) is 0 Å². The van der Waals surface area contributed by atoms with Crippen LogP contribution in [-0.2, 0) is 11.2 Å². The molecule has 0 spiro atoms. The van der Waals surface area contributed by atoms with Crippen LogP contribution < -0.4 is 11.1 Å². The smallest absolute Gasteiger partial charge is 0.224 e. The zero-order valence-corrected chi connectivity index (χ0v) is 14.1. The Morgan fingerprint density at radius 2 is 2.08 bits per heavy atom. The lowest BCUT2D eigenvalue weighted by Crippen LogP contribution is -2.12. The molecule has 0 radical (unpaired) electrons. The van der Waals surface area contributed by atoms with Crippen molar-refractivity contribution >= 4 is 38.8 Å². The third kappa shape index (κ3) is 3.26. The largest absolute Gasteiger partial charge is 0.399 e. The SMILES string of the molecule is Nc1ccccc1CCC(=O)Nc1ccc2nc(C3CC3)sc2c1. The molecular formula is C19H19N3OS. The Morgan fingerprint density at radius 3 is 2.88 bits per heavy atom. The standard InChI is InChI=1S/C19H19N3OS/c20-15-4-2-1-3-12(15)7-10-18(23)21-14-8-9-16-17(11-14)24-19(22-16)13-5-6-13/h1-4,8-9,11,13H,5-7,10,20H2,(H,21,23). The summed E-state index contributed by atoms with van der Waals surface area (Å²) in [5.74, 6) is 0.668. The molecule has 2 aromatic carbocycles. The van der Waals surface area contributed by atoms with Crippen LogP contribution in [0, 0.1) is 0 Å². The number of thiazole rings is 1. The minimum atomic E-state index is 0.00420. The number of amides is 1. The van der Waals surface area contributed by atoms with E-state index in [9.17, 15) is 4.79 Å². The van der Waals surface area contributed by atoms with Gasteiger partial charge in [-0.1, -0.05) is 18.2 Å². The quantitative estimate of drug-likeness (QED) is 0.681. The normalized spacial score (nSPS) is 14.0. The number of anilines is 2. The Hall–Kier alpha value is -2.40. The minimum absolute atomic E-state index is 0.00420. The number of rotatable bonds is 5. The molecule has 1 heterocycles. The van der Waals surface area contributed by atoms with Crippen molar-refractivity contribution in [2.24, 2.45) is 0 Å². The summed E-state index contributed by atoms with van der Waals surface area (Å²) in [5, 5.41) is 4.21. The fraction of sp³-hybridized carbons (Fsp3) is 0.263. The highest BCUT2D eigenvalue weighted by Gasteiger charge is 2.26. The van der Waals surface area contributed by atoms with Gasteiger partial charge >= 0.3 is 0 Å². The van der Waals surface area contributed by atoms with Crippen LogP contribution >= 0.6 is 11.3 Å². The van der Waals surface area contributed by atoms with Gasteiger partial charge in [0.05, 0.1) is 15.2 Å². The molecule has 0 atom stereocenters. The van der Waals surface area contributed by atoms with Crippen molar-refractivity contribution < 1.29 is 4.79 Å². The summed E-state index contributed by atoms with van der Waals surface area (Å²) in [5.41, 5.74) is 9.53. The lowest BCUT2D eigenvalue weighted by molar-refractivity contribution is -0.116. The Kier molecular flexibility index (Phi) is 3.94. The van der Waals surface area contributed by atoms with Crippen molar-refractivity contribution in [3.05, 3.63) is 53.0 Å². The maximum absolute atomic E-state index is 12.2. The summed E-state index contributed by atoms with van der Waals surface area (Å²) in [4.78, 5) is 16.9. The maximum atomic E-state index is 12.2. The summed E-state index contributed by atoms with van der Waals surface area (Å²) >= 11 is 1.74. The van der Waals surface area contributed by atoms with Gasteiger partial charge in [0.25, 0.3) is 0 Å². The van der Waals surface area contributed by atoms with E-state index in [1.165, 1.54) is 17.8 Å². The van der Waals surface area contributed by atoms with Crippen molar-refractivity contribution in [3.8, 4) is 0 Å². The van der Waals surface area contributed by atoms with Crippen LogP contribution in [0.15, 0.2) is 42.5 Å². The fourth-order valence-corrected chi connectivity index (χ4v) is 3.93. The number of hydrogen-bond acceptors (Lipinski definition) is 4. The molecule has 0 saturated heterocycles. The predicted molar refractivity (Wildman–Crippen MR) is 99.4 cm³/mol. The number of hydrogen-bond donors (Lipinski definition) is 2. The van der Waals surface area contributed by atoms with E-state index < -0.39 is 0 Å². The number of nitrogen functional groups attached to an aromatic ring is 1. The molecule has 1 amide bonds.